The number of pyridine rings is 1. The Balaban J connectivity index is 1.29. The predicted molar refractivity (Wildman–Crippen MR) is 140 cm³/mol. The minimum atomic E-state index is -2.00. The molecule has 3 N–H and O–H groups in total. The molecular weight excluding hydrogens is 471 g/mol. The Morgan fingerprint density at radius 1 is 1.16 bits per heavy atom. The van der Waals surface area contributed by atoms with E-state index in [9.17, 15) is 15.0 Å². The molecule has 7 heteroatoms. The number of aliphatic hydroxyl groups is 2. The van der Waals surface area contributed by atoms with Crippen LogP contribution < -0.4 is 5.56 Å². The second kappa shape index (κ2) is 7.41. The van der Waals surface area contributed by atoms with Crippen molar-refractivity contribution in [1.82, 2.24) is 9.88 Å². The van der Waals surface area contributed by atoms with Crippen LogP contribution in [0.3, 0.4) is 0 Å². The second-order valence-corrected chi connectivity index (χ2v) is 12.6. The molecule has 1 aromatic heterocycles. The van der Waals surface area contributed by atoms with Gasteiger partial charge in [0.1, 0.15) is 11.7 Å². The topological polar surface area (TPSA) is 85.8 Å². The third-order valence-corrected chi connectivity index (χ3v) is 10.8. The van der Waals surface area contributed by atoms with Crippen LogP contribution in [0.25, 0.3) is 16.3 Å². The quantitative estimate of drug-likeness (QED) is 0.541. The lowest BCUT2D eigenvalue weighted by molar-refractivity contribution is -0.282. The van der Waals surface area contributed by atoms with E-state index in [0.29, 0.717) is 18.2 Å². The lowest BCUT2D eigenvalue weighted by Gasteiger charge is -2.61. The number of benzene rings is 1. The molecule has 2 aromatic rings. The third-order valence-electron chi connectivity index (χ3n) is 10.8. The van der Waals surface area contributed by atoms with Gasteiger partial charge < -0.3 is 24.8 Å². The van der Waals surface area contributed by atoms with E-state index in [1.165, 1.54) is 5.57 Å². The first-order chi connectivity index (χ1) is 17.5. The number of hydrogen-bond acceptors (Lipinski definition) is 5. The number of aromatic nitrogens is 1. The van der Waals surface area contributed by atoms with Gasteiger partial charge in [-0.1, -0.05) is 25.1 Å². The molecular formula is C30H35FN2O4. The average Bonchev–Trinajstić information content (AvgIpc) is 3.40. The minimum Gasteiger partial charge on any atom is -0.389 e. The van der Waals surface area contributed by atoms with E-state index < -0.39 is 29.1 Å². The molecule has 0 radical (unpaired) electrons. The second-order valence-electron chi connectivity index (χ2n) is 12.6. The molecule has 3 heterocycles. The van der Waals surface area contributed by atoms with E-state index >= 15 is 4.39 Å². The number of hydrogen-bond donors (Lipinski definition) is 3. The summed E-state index contributed by atoms with van der Waals surface area (Å²) in [5.41, 5.74) is -0.613. The molecule has 6 nitrogen and oxygen atoms in total. The normalized spacial score (nSPS) is 44.3. The molecule has 2 spiro atoms. The maximum absolute atomic E-state index is 16.9. The largest absolute Gasteiger partial charge is 0.389 e. The highest BCUT2D eigenvalue weighted by Gasteiger charge is 2.76. The summed E-state index contributed by atoms with van der Waals surface area (Å²) in [4.78, 5) is 16.9. The molecule has 7 rings (SSSR count). The van der Waals surface area contributed by atoms with Crippen LogP contribution >= 0.6 is 0 Å². The van der Waals surface area contributed by atoms with Gasteiger partial charge >= 0.3 is 0 Å². The lowest BCUT2D eigenvalue weighted by Crippen LogP contribution is -2.73. The Morgan fingerprint density at radius 3 is 2.76 bits per heavy atom. The highest BCUT2D eigenvalue weighted by Crippen LogP contribution is 2.70. The molecule has 3 aliphatic carbocycles. The molecule has 2 bridgehead atoms. The number of ether oxygens (including phenoxy) is 1. The first kappa shape index (κ1) is 23.8. The molecule has 0 amide bonds. The van der Waals surface area contributed by atoms with E-state index in [1.807, 2.05) is 37.2 Å². The van der Waals surface area contributed by atoms with Gasteiger partial charge in [0.05, 0.1) is 11.7 Å². The first-order valence-electron chi connectivity index (χ1n) is 13.5. The Bertz CT molecular complexity index is 1430. The molecule has 8 unspecified atom stereocenters. The average molecular weight is 507 g/mol. The van der Waals surface area contributed by atoms with Gasteiger partial charge in [0.25, 0.3) is 5.56 Å². The number of halogens is 1. The van der Waals surface area contributed by atoms with Crippen LogP contribution in [-0.4, -0.2) is 69.3 Å². The van der Waals surface area contributed by atoms with Crippen LogP contribution in [0, 0.1) is 11.3 Å². The summed E-state index contributed by atoms with van der Waals surface area (Å²) in [5.74, 6) is 0.163. The van der Waals surface area contributed by atoms with Gasteiger partial charge in [0.15, 0.2) is 5.67 Å². The number of aromatic amines is 1. The van der Waals surface area contributed by atoms with Crippen molar-refractivity contribution in [3.63, 3.8) is 0 Å². The standard InChI is InChI=1S/C30H35FN2O4/c1-27-10-8-19-15-30(31)25(35)24(34)22(33(2)3)16-28(30)11-12-29(19,37-28)23(27)7-6-21(27)18-4-5-20-17(14-18)9-13-32-26(20)36/h4-6,8-9,13-14,22-25,34-35H,7,10-12,15-16H2,1-3H3,(H,32,36). The van der Waals surface area contributed by atoms with Crippen molar-refractivity contribution in [2.75, 3.05) is 14.1 Å². The van der Waals surface area contributed by atoms with Crippen LogP contribution in [-0.2, 0) is 4.74 Å². The fraction of sp³-hybridized carbons (Fsp3) is 0.567. The fourth-order valence-electron chi connectivity index (χ4n) is 8.79. The molecule has 2 saturated heterocycles. The molecule has 37 heavy (non-hydrogen) atoms. The summed E-state index contributed by atoms with van der Waals surface area (Å²) < 4.78 is 23.9. The summed E-state index contributed by atoms with van der Waals surface area (Å²) >= 11 is 0. The number of rotatable bonds is 2. The van der Waals surface area contributed by atoms with Crippen molar-refractivity contribution in [2.45, 2.75) is 80.6 Å². The molecule has 2 aliphatic heterocycles. The number of H-pyrrole nitrogens is 1. The van der Waals surface area contributed by atoms with Gasteiger partial charge in [-0.15, -0.1) is 0 Å². The van der Waals surface area contributed by atoms with Gasteiger partial charge in [-0.3, -0.25) is 4.79 Å². The van der Waals surface area contributed by atoms with Gasteiger partial charge in [-0.2, -0.15) is 0 Å². The van der Waals surface area contributed by atoms with E-state index in [1.54, 1.807) is 6.20 Å². The van der Waals surface area contributed by atoms with Crippen molar-refractivity contribution in [2.24, 2.45) is 11.3 Å². The SMILES string of the molecule is CN(C)C1CC23CCC4(O2)C(=CCC2(C)C(c5ccc6c(=O)[nH]ccc6c5)=CCC24)CC3(F)C(O)C1O. The Labute approximate surface area is 215 Å². The van der Waals surface area contributed by atoms with E-state index in [4.69, 9.17) is 4.74 Å². The van der Waals surface area contributed by atoms with Crippen LogP contribution in [0.1, 0.15) is 51.0 Å². The number of allylic oxidation sites excluding steroid dienone is 3. The Kier molecular flexibility index (Phi) is 4.76. The fourth-order valence-corrected chi connectivity index (χ4v) is 8.79. The predicted octanol–water partition coefficient (Wildman–Crippen LogP) is 3.72. The number of nitrogens with zero attached hydrogens (tertiary/aromatic N) is 1. The Hall–Kier alpha value is -2.32. The van der Waals surface area contributed by atoms with Gasteiger partial charge in [-0.25, -0.2) is 4.39 Å². The molecule has 1 aromatic carbocycles. The zero-order chi connectivity index (χ0) is 26.0. The van der Waals surface area contributed by atoms with Crippen LogP contribution in [0.2, 0.25) is 0 Å². The van der Waals surface area contributed by atoms with Crippen molar-refractivity contribution in [1.29, 1.82) is 0 Å². The smallest absolute Gasteiger partial charge is 0.255 e. The van der Waals surface area contributed by atoms with Crippen molar-refractivity contribution >= 4 is 16.3 Å². The zero-order valence-electron chi connectivity index (χ0n) is 21.6. The minimum absolute atomic E-state index is 0.0879. The number of alkyl halides is 1. The van der Waals surface area contributed by atoms with Gasteiger partial charge in [0, 0.05) is 35.4 Å². The molecule has 3 fully saturated rings. The van der Waals surface area contributed by atoms with Crippen LogP contribution in [0.5, 0.6) is 0 Å². The highest BCUT2D eigenvalue weighted by atomic mass is 19.1. The van der Waals surface area contributed by atoms with Crippen molar-refractivity contribution in [3.8, 4) is 0 Å². The maximum atomic E-state index is 16.9. The summed E-state index contributed by atoms with van der Waals surface area (Å²) in [6.45, 7) is 2.30. The Morgan fingerprint density at radius 2 is 1.97 bits per heavy atom. The van der Waals surface area contributed by atoms with E-state index in [-0.39, 0.29) is 29.4 Å². The van der Waals surface area contributed by atoms with E-state index in [0.717, 1.165) is 35.8 Å². The number of likely N-dealkylation sites (N-methyl/N-ethyl adjacent to an activating group) is 1. The zero-order valence-corrected chi connectivity index (χ0v) is 21.6. The van der Waals surface area contributed by atoms with Gasteiger partial charge in [-0.05, 0) is 86.5 Å². The van der Waals surface area contributed by atoms with E-state index in [2.05, 4.69) is 30.1 Å². The van der Waals surface area contributed by atoms with Gasteiger partial charge in [0.2, 0.25) is 0 Å². The molecule has 5 aliphatic rings. The highest BCUT2D eigenvalue weighted by molar-refractivity contribution is 5.87. The lowest BCUT2D eigenvalue weighted by atomic mass is 9.56. The summed E-state index contributed by atoms with van der Waals surface area (Å²) in [6, 6.07) is 7.61. The number of aliphatic hydroxyl groups excluding tert-OH is 2. The first-order valence-corrected chi connectivity index (χ1v) is 13.5. The number of nitrogens with one attached hydrogen (secondary N) is 1. The van der Waals surface area contributed by atoms with Crippen LogP contribution in [0.4, 0.5) is 4.39 Å². The summed E-state index contributed by atoms with van der Waals surface area (Å²) in [5, 5.41) is 23.5. The van der Waals surface area contributed by atoms with Crippen LogP contribution in [0.15, 0.2) is 53.0 Å². The number of fused-ring (bicyclic) bond motifs is 2. The maximum Gasteiger partial charge on any atom is 0.255 e. The summed E-state index contributed by atoms with van der Waals surface area (Å²) in [6.07, 6.45) is 6.87. The molecule has 196 valence electrons. The summed E-state index contributed by atoms with van der Waals surface area (Å²) in [7, 11) is 3.73. The molecule has 1 saturated carbocycles. The third kappa shape index (κ3) is 2.81. The molecule has 8 atom stereocenters. The van der Waals surface area contributed by atoms with Crippen molar-refractivity contribution in [3.05, 3.63) is 64.1 Å². The monoisotopic (exact) mass is 506 g/mol. The van der Waals surface area contributed by atoms with Crippen molar-refractivity contribution < 1.29 is 19.3 Å².